The maximum atomic E-state index is 12.3. The van der Waals surface area contributed by atoms with E-state index in [4.69, 9.17) is 4.74 Å². The summed E-state index contributed by atoms with van der Waals surface area (Å²) in [6.45, 7) is 0. The van der Waals surface area contributed by atoms with Crippen LogP contribution in [0.1, 0.15) is 11.1 Å². The van der Waals surface area contributed by atoms with E-state index in [9.17, 15) is 18.6 Å². The van der Waals surface area contributed by atoms with E-state index in [1.54, 1.807) is 18.2 Å². The first-order valence-corrected chi connectivity index (χ1v) is 9.46. The van der Waals surface area contributed by atoms with Crippen LogP contribution in [0, 0.1) is 0 Å². The largest absolute Gasteiger partial charge is 0.508 e. The van der Waals surface area contributed by atoms with Gasteiger partial charge >= 0.3 is 0 Å². The van der Waals surface area contributed by atoms with Gasteiger partial charge in [0.25, 0.3) is 0 Å². The Hall–Kier alpha value is -1.73. The lowest BCUT2D eigenvalue weighted by Crippen LogP contribution is -2.12. The number of halogens is 1. The average molecular weight is 401 g/mol. The highest BCUT2D eigenvalue weighted by atomic mass is 79.9. The minimum Gasteiger partial charge on any atom is -0.508 e. The Morgan fingerprint density at radius 2 is 1.78 bits per heavy atom. The Balaban J connectivity index is 2.09. The molecular formula is C16H17BrO5S. The van der Waals surface area contributed by atoms with E-state index in [-0.39, 0.29) is 28.8 Å². The molecule has 0 aliphatic rings. The number of hydrogen-bond acceptors (Lipinski definition) is 5. The van der Waals surface area contributed by atoms with Gasteiger partial charge in [-0.3, -0.25) is 0 Å². The normalized spacial score (nSPS) is 11.4. The quantitative estimate of drug-likeness (QED) is 0.778. The predicted octanol–water partition coefficient (Wildman–Crippen LogP) is 3.03. The molecule has 2 aromatic rings. The van der Waals surface area contributed by atoms with Crippen molar-refractivity contribution < 1.29 is 23.4 Å². The molecule has 0 aromatic heterocycles. The third-order valence-corrected chi connectivity index (χ3v) is 5.68. The Labute approximate surface area is 143 Å². The van der Waals surface area contributed by atoms with Crippen molar-refractivity contribution in [2.45, 2.75) is 12.2 Å². The van der Waals surface area contributed by atoms with Crippen molar-refractivity contribution in [3.05, 3.63) is 52.0 Å². The summed E-state index contributed by atoms with van der Waals surface area (Å²) in [5, 5.41) is 19.0. The second-order valence-corrected chi connectivity index (χ2v) is 8.16. The van der Waals surface area contributed by atoms with Crippen molar-refractivity contribution in [2.75, 3.05) is 12.9 Å². The Bertz CT molecular complexity index is 785. The molecule has 0 unspecified atom stereocenters. The fourth-order valence-electron chi connectivity index (χ4n) is 2.11. The van der Waals surface area contributed by atoms with E-state index >= 15 is 0 Å². The van der Waals surface area contributed by atoms with Gasteiger partial charge in [0.1, 0.15) is 5.75 Å². The highest BCUT2D eigenvalue weighted by Gasteiger charge is 2.16. The maximum absolute atomic E-state index is 12.3. The molecule has 0 amide bonds. The van der Waals surface area contributed by atoms with Crippen LogP contribution >= 0.6 is 15.9 Å². The molecule has 0 bridgehead atoms. The first-order chi connectivity index (χ1) is 10.8. The topological polar surface area (TPSA) is 83.8 Å². The summed E-state index contributed by atoms with van der Waals surface area (Å²) >= 11 is 3.30. The van der Waals surface area contributed by atoms with Crippen molar-refractivity contribution >= 4 is 25.8 Å². The summed E-state index contributed by atoms with van der Waals surface area (Å²) in [5.74, 6) is 0.135. The second-order valence-electron chi connectivity index (χ2n) is 5.12. The number of hydrogen-bond donors (Lipinski definition) is 2. The fraction of sp³-hybridized carbons (Fsp3) is 0.250. The second kappa shape index (κ2) is 7.23. The minimum absolute atomic E-state index is 0.0169. The summed E-state index contributed by atoms with van der Waals surface area (Å²) in [7, 11) is -1.92. The molecule has 2 rings (SSSR count). The minimum atomic E-state index is -3.35. The molecule has 0 saturated carbocycles. The van der Waals surface area contributed by atoms with Crippen molar-refractivity contribution in [3.63, 3.8) is 0 Å². The van der Waals surface area contributed by atoms with Crippen molar-refractivity contribution in [1.82, 2.24) is 0 Å². The molecule has 5 nitrogen and oxygen atoms in total. The summed E-state index contributed by atoms with van der Waals surface area (Å²) < 4.78 is 30.1. The molecule has 0 spiro atoms. The molecule has 0 heterocycles. The van der Waals surface area contributed by atoms with E-state index in [0.29, 0.717) is 16.5 Å². The lowest BCUT2D eigenvalue weighted by Gasteiger charge is -2.10. The Morgan fingerprint density at radius 3 is 2.39 bits per heavy atom. The third kappa shape index (κ3) is 4.87. The van der Waals surface area contributed by atoms with Crippen LogP contribution in [-0.2, 0) is 22.0 Å². The van der Waals surface area contributed by atoms with Crippen molar-refractivity contribution in [3.8, 4) is 17.2 Å². The number of phenols is 2. The number of benzene rings is 2. The van der Waals surface area contributed by atoms with Gasteiger partial charge in [-0.25, -0.2) is 8.42 Å². The molecule has 0 atom stereocenters. The van der Waals surface area contributed by atoms with Crippen LogP contribution < -0.4 is 4.74 Å². The van der Waals surface area contributed by atoms with Gasteiger partial charge in [0.15, 0.2) is 21.3 Å². The molecule has 124 valence electrons. The number of aryl methyl sites for hydroxylation is 1. The Kier molecular flexibility index (Phi) is 5.54. The zero-order valence-corrected chi connectivity index (χ0v) is 14.9. The number of methoxy groups -OCH3 is 1. The maximum Gasteiger partial charge on any atom is 0.161 e. The van der Waals surface area contributed by atoms with E-state index in [1.807, 2.05) is 0 Å². The summed E-state index contributed by atoms with van der Waals surface area (Å²) in [6, 6.07) is 9.38. The van der Waals surface area contributed by atoms with Crippen LogP contribution in [0.25, 0.3) is 0 Å². The van der Waals surface area contributed by atoms with E-state index in [1.165, 1.54) is 25.3 Å². The highest BCUT2D eigenvalue weighted by molar-refractivity contribution is 9.10. The first-order valence-electron chi connectivity index (χ1n) is 6.84. The van der Waals surface area contributed by atoms with Crippen LogP contribution in [-0.4, -0.2) is 31.5 Å². The van der Waals surface area contributed by atoms with Crippen molar-refractivity contribution in [2.24, 2.45) is 0 Å². The fourth-order valence-corrected chi connectivity index (χ4v) is 4.16. The number of phenolic OH excluding ortho intramolecular Hbond substituents is 2. The zero-order chi connectivity index (χ0) is 17.0. The van der Waals surface area contributed by atoms with Gasteiger partial charge in [-0.2, -0.15) is 0 Å². The van der Waals surface area contributed by atoms with Gasteiger partial charge in [-0.1, -0.05) is 28.1 Å². The standard InChI is InChI=1S/C16H17BrO5S/c1-22-16-9-14(17)12(8-15(16)19)10-23(20,21)7-6-11-2-4-13(18)5-3-11/h2-5,8-9,18-19H,6-7,10H2,1H3. The summed E-state index contributed by atoms with van der Waals surface area (Å²) in [6.07, 6.45) is 0.363. The number of rotatable bonds is 6. The predicted molar refractivity (Wildman–Crippen MR) is 91.7 cm³/mol. The molecule has 0 aliphatic carbocycles. The van der Waals surface area contributed by atoms with Gasteiger partial charge in [0, 0.05) is 4.47 Å². The molecule has 0 saturated heterocycles. The number of aromatic hydroxyl groups is 2. The smallest absolute Gasteiger partial charge is 0.161 e. The van der Waals surface area contributed by atoms with Crippen LogP contribution in [0.5, 0.6) is 17.2 Å². The van der Waals surface area contributed by atoms with Gasteiger partial charge in [-0.05, 0) is 41.8 Å². The van der Waals surface area contributed by atoms with Gasteiger partial charge in [0.2, 0.25) is 0 Å². The lowest BCUT2D eigenvalue weighted by molar-refractivity contribution is 0.373. The molecule has 7 heteroatoms. The monoisotopic (exact) mass is 400 g/mol. The highest BCUT2D eigenvalue weighted by Crippen LogP contribution is 2.33. The zero-order valence-electron chi connectivity index (χ0n) is 12.5. The van der Waals surface area contributed by atoms with Crippen LogP contribution in [0.2, 0.25) is 0 Å². The Morgan fingerprint density at radius 1 is 1.13 bits per heavy atom. The summed E-state index contributed by atoms with van der Waals surface area (Å²) in [5.41, 5.74) is 1.32. The molecule has 0 radical (unpaired) electrons. The van der Waals surface area contributed by atoms with Gasteiger partial charge < -0.3 is 14.9 Å². The molecule has 2 N–H and O–H groups in total. The van der Waals surface area contributed by atoms with E-state index in [0.717, 1.165) is 5.56 Å². The lowest BCUT2D eigenvalue weighted by atomic mass is 10.2. The molecule has 2 aromatic carbocycles. The SMILES string of the molecule is COc1cc(Br)c(CS(=O)(=O)CCc2ccc(O)cc2)cc1O. The summed E-state index contributed by atoms with van der Waals surface area (Å²) in [4.78, 5) is 0. The van der Waals surface area contributed by atoms with E-state index in [2.05, 4.69) is 15.9 Å². The van der Waals surface area contributed by atoms with Crippen LogP contribution in [0.4, 0.5) is 0 Å². The third-order valence-electron chi connectivity index (χ3n) is 3.36. The number of ether oxygens (including phenoxy) is 1. The van der Waals surface area contributed by atoms with Crippen LogP contribution in [0.15, 0.2) is 40.9 Å². The molecule has 0 fully saturated rings. The number of sulfone groups is 1. The van der Waals surface area contributed by atoms with Crippen LogP contribution in [0.3, 0.4) is 0 Å². The molecule has 23 heavy (non-hydrogen) atoms. The molecular weight excluding hydrogens is 384 g/mol. The van der Waals surface area contributed by atoms with Crippen molar-refractivity contribution in [1.29, 1.82) is 0 Å². The molecule has 0 aliphatic heterocycles. The van der Waals surface area contributed by atoms with E-state index < -0.39 is 9.84 Å². The first kappa shape index (κ1) is 17.6. The average Bonchev–Trinajstić information content (AvgIpc) is 2.50. The van der Waals surface area contributed by atoms with Gasteiger partial charge in [-0.15, -0.1) is 0 Å². The van der Waals surface area contributed by atoms with Gasteiger partial charge in [0.05, 0.1) is 18.6 Å².